The molecule has 0 aliphatic heterocycles. The van der Waals surface area contributed by atoms with Crippen molar-refractivity contribution in [3.63, 3.8) is 0 Å². The van der Waals surface area contributed by atoms with E-state index in [1.165, 1.54) is 17.0 Å². The lowest BCUT2D eigenvalue weighted by Gasteiger charge is -1.99. The molecule has 0 unspecified atom stereocenters. The van der Waals surface area contributed by atoms with Crippen molar-refractivity contribution in [2.75, 3.05) is 0 Å². The molecular formula is C9H16N2. The first-order valence-corrected chi connectivity index (χ1v) is 4.04. The summed E-state index contributed by atoms with van der Waals surface area (Å²) in [7, 11) is 1.99. The lowest BCUT2D eigenvalue weighted by Crippen LogP contribution is -1.94. The Labute approximate surface area is 68.2 Å². The van der Waals surface area contributed by atoms with Crippen LogP contribution in [-0.4, -0.2) is 9.78 Å². The third-order valence-corrected chi connectivity index (χ3v) is 2.22. The molecule has 0 aromatic carbocycles. The second-order valence-electron chi connectivity index (χ2n) is 3.37. The number of hydrogen-bond donors (Lipinski definition) is 0. The fourth-order valence-electron chi connectivity index (χ4n) is 1.29. The van der Waals surface area contributed by atoms with Gasteiger partial charge in [-0.1, -0.05) is 13.8 Å². The van der Waals surface area contributed by atoms with Crippen LogP contribution in [0.25, 0.3) is 0 Å². The maximum Gasteiger partial charge on any atom is 0.0681 e. The molecule has 2 heteroatoms. The number of nitrogens with zero attached hydrogens (tertiary/aromatic N) is 2. The van der Waals surface area contributed by atoms with Crippen LogP contribution >= 0.6 is 0 Å². The Morgan fingerprint density at radius 2 is 1.82 bits per heavy atom. The van der Waals surface area contributed by atoms with Crippen LogP contribution in [-0.2, 0) is 7.05 Å². The summed E-state index contributed by atoms with van der Waals surface area (Å²) >= 11 is 0. The largest absolute Gasteiger partial charge is 0.272 e. The first-order valence-electron chi connectivity index (χ1n) is 4.04. The molecule has 0 radical (unpaired) electrons. The zero-order valence-corrected chi connectivity index (χ0v) is 7.97. The van der Waals surface area contributed by atoms with E-state index in [4.69, 9.17) is 0 Å². The average Bonchev–Trinajstić information content (AvgIpc) is 2.17. The van der Waals surface area contributed by atoms with Crippen molar-refractivity contribution in [1.82, 2.24) is 9.78 Å². The maximum absolute atomic E-state index is 4.43. The second-order valence-corrected chi connectivity index (χ2v) is 3.37. The highest BCUT2D eigenvalue weighted by molar-refractivity contribution is 5.25. The van der Waals surface area contributed by atoms with Gasteiger partial charge in [-0.2, -0.15) is 5.10 Å². The summed E-state index contributed by atoms with van der Waals surface area (Å²) in [5, 5.41) is 4.43. The van der Waals surface area contributed by atoms with Crippen LogP contribution in [0, 0.1) is 13.8 Å². The Kier molecular flexibility index (Phi) is 2.03. The highest BCUT2D eigenvalue weighted by atomic mass is 15.3. The molecule has 0 aliphatic rings. The summed E-state index contributed by atoms with van der Waals surface area (Å²) in [5.74, 6) is 0.537. The van der Waals surface area contributed by atoms with Crippen LogP contribution in [0.4, 0.5) is 0 Å². The quantitative estimate of drug-likeness (QED) is 0.603. The SMILES string of the molecule is Cc1c(C(C)C)nn(C)c1C. The summed E-state index contributed by atoms with van der Waals surface area (Å²) < 4.78 is 1.95. The first kappa shape index (κ1) is 8.31. The molecular weight excluding hydrogens is 136 g/mol. The highest BCUT2D eigenvalue weighted by Crippen LogP contribution is 2.19. The van der Waals surface area contributed by atoms with Crippen molar-refractivity contribution in [2.24, 2.45) is 7.05 Å². The van der Waals surface area contributed by atoms with Crippen LogP contribution in [0.15, 0.2) is 0 Å². The molecule has 1 aromatic rings. The number of hydrogen-bond acceptors (Lipinski definition) is 1. The Morgan fingerprint density at radius 1 is 1.27 bits per heavy atom. The zero-order valence-electron chi connectivity index (χ0n) is 7.97. The molecule has 11 heavy (non-hydrogen) atoms. The van der Waals surface area contributed by atoms with Crippen molar-refractivity contribution in [3.8, 4) is 0 Å². The van der Waals surface area contributed by atoms with Crippen LogP contribution < -0.4 is 0 Å². The van der Waals surface area contributed by atoms with Crippen LogP contribution in [0.5, 0.6) is 0 Å². The Hall–Kier alpha value is -0.790. The van der Waals surface area contributed by atoms with Gasteiger partial charge in [0.05, 0.1) is 5.69 Å². The van der Waals surface area contributed by atoms with Gasteiger partial charge in [0.15, 0.2) is 0 Å². The lowest BCUT2D eigenvalue weighted by atomic mass is 10.1. The third kappa shape index (κ3) is 1.30. The van der Waals surface area contributed by atoms with Gasteiger partial charge in [-0.3, -0.25) is 4.68 Å². The van der Waals surface area contributed by atoms with E-state index in [9.17, 15) is 0 Å². The number of rotatable bonds is 1. The topological polar surface area (TPSA) is 17.8 Å². The molecule has 0 bridgehead atoms. The van der Waals surface area contributed by atoms with Crippen molar-refractivity contribution in [1.29, 1.82) is 0 Å². The van der Waals surface area contributed by atoms with E-state index < -0.39 is 0 Å². The second kappa shape index (κ2) is 2.68. The van der Waals surface area contributed by atoms with Crippen molar-refractivity contribution < 1.29 is 0 Å². The minimum atomic E-state index is 0.537. The van der Waals surface area contributed by atoms with Crippen LogP contribution in [0.2, 0.25) is 0 Å². The normalized spacial score (nSPS) is 11.1. The zero-order chi connectivity index (χ0) is 8.59. The van der Waals surface area contributed by atoms with E-state index in [-0.39, 0.29) is 0 Å². The molecule has 2 nitrogen and oxygen atoms in total. The molecule has 1 aromatic heterocycles. The van der Waals surface area contributed by atoms with Crippen molar-refractivity contribution in [2.45, 2.75) is 33.6 Å². The number of aromatic nitrogens is 2. The summed E-state index contributed by atoms with van der Waals surface area (Å²) in [6, 6.07) is 0. The molecule has 0 saturated carbocycles. The molecule has 0 spiro atoms. The Bertz CT molecular complexity index is 259. The van der Waals surface area contributed by atoms with E-state index in [2.05, 4.69) is 32.8 Å². The van der Waals surface area contributed by atoms with Gasteiger partial charge in [0.2, 0.25) is 0 Å². The van der Waals surface area contributed by atoms with Crippen molar-refractivity contribution in [3.05, 3.63) is 17.0 Å². The molecule has 0 fully saturated rings. The minimum Gasteiger partial charge on any atom is -0.272 e. The fraction of sp³-hybridized carbons (Fsp3) is 0.667. The predicted octanol–water partition coefficient (Wildman–Crippen LogP) is 2.16. The lowest BCUT2D eigenvalue weighted by molar-refractivity contribution is 0.698. The molecule has 0 saturated heterocycles. The molecule has 0 atom stereocenters. The maximum atomic E-state index is 4.43. The van der Waals surface area contributed by atoms with Gasteiger partial charge in [-0.25, -0.2) is 0 Å². The predicted molar refractivity (Wildman–Crippen MR) is 46.8 cm³/mol. The Balaban J connectivity index is 3.19. The number of aryl methyl sites for hydroxylation is 1. The van der Waals surface area contributed by atoms with Gasteiger partial charge in [-0.15, -0.1) is 0 Å². The first-order chi connectivity index (χ1) is 5.04. The third-order valence-electron chi connectivity index (χ3n) is 2.22. The van der Waals surface area contributed by atoms with Gasteiger partial charge in [0.1, 0.15) is 0 Å². The summed E-state index contributed by atoms with van der Waals surface area (Å²) in [6.45, 7) is 8.59. The van der Waals surface area contributed by atoms with Gasteiger partial charge in [0, 0.05) is 12.7 Å². The van der Waals surface area contributed by atoms with Crippen LogP contribution in [0.1, 0.15) is 36.7 Å². The van der Waals surface area contributed by atoms with E-state index in [1.54, 1.807) is 0 Å². The highest BCUT2D eigenvalue weighted by Gasteiger charge is 2.10. The van der Waals surface area contributed by atoms with Gasteiger partial charge < -0.3 is 0 Å². The van der Waals surface area contributed by atoms with E-state index >= 15 is 0 Å². The smallest absolute Gasteiger partial charge is 0.0681 e. The van der Waals surface area contributed by atoms with E-state index in [0.29, 0.717) is 5.92 Å². The summed E-state index contributed by atoms with van der Waals surface area (Å²) in [5.41, 5.74) is 3.83. The summed E-state index contributed by atoms with van der Waals surface area (Å²) in [4.78, 5) is 0. The Morgan fingerprint density at radius 3 is 2.00 bits per heavy atom. The molecule has 0 amide bonds. The average molecular weight is 152 g/mol. The minimum absolute atomic E-state index is 0.537. The van der Waals surface area contributed by atoms with Gasteiger partial charge in [-0.05, 0) is 25.3 Å². The molecule has 1 heterocycles. The molecule has 0 aliphatic carbocycles. The molecule has 62 valence electrons. The van der Waals surface area contributed by atoms with E-state index in [0.717, 1.165) is 0 Å². The van der Waals surface area contributed by atoms with Gasteiger partial charge >= 0.3 is 0 Å². The van der Waals surface area contributed by atoms with Gasteiger partial charge in [0.25, 0.3) is 0 Å². The fourth-order valence-corrected chi connectivity index (χ4v) is 1.29. The monoisotopic (exact) mass is 152 g/mol. The standard InChI is InChI=1S/C9H16N2/c1-6(2)9-7(3)8(4)11(5)10-9/h6H,1-5H3. The van der Waals surface area contributed by atoms with E-state index in [1.807, 2.05) is 11.7 Å². The van der Waals surface area contributed by atoms with Crippen LogP contribution in [0.3, 0.4) is 0 Å². The molecule has 1 rings (SSSR count). The molecule has 0 N–H and O–H groups in total. The summed E-state index contributed by atoms with van der Waals surface area (Å²) in [6.07, 6.45) is 0. The van der Waals surface area contributed by atoms with Crippen molar-refractivity contribution >= 4 is 0 Å².